The van der Waals surface area contributed by atoms with Crippen LogP contribution in [0.15, 0.2) is 18.2 Å². The number of hydrogen-bond acceptors (Lipinski definition) is 5. The average Bonchev–Trinajstić information content (AvgIpc) is 2.46. The van der Waals surface area contributed by atoms with E-state index < -0.39 is 0 Å². The largest absolute Gasteiger partial charge is 0.484 e. The van der Waals surface area contributed by atoms with Crippen LogP contribution in [-0.4, -0.2) is 55.8 Å². The number of nitrogen functional groups attached to an aromatic ring is 1. The topological polar surface area (TPSA) is 68.0 Å². The van der Waals surface area contributed by atoms with Crippen LogP contribution in [-0.2, 0) is 9.53 Å². The van der Waals surface area contributed by atoms with E-state index in [0.717, 1.165) is 11.4 Å². The van der Waals surface area contributed by atoms with Crippen LogP contribution in [0.5, 0.6) is 5.75 Å². The third-order valence-corrected chi connectivity index (χ3v) is 3.99. The maximum atomic E-state index is 12.5. The van der Waals surface area contributed by atoms with Gasteiger partial charge in [0.15, 0.2) is 0 Å². The molecule has 0 aromatic heterocycles. The van der Waals surface area contributed by atoms with Gasteiger partial charge in [-0.15, -0.1) is 0 Å². The molecule has 0 saturated carbocycles. The fourth-order valence-electron chi connectivity index (χ4n) is 3.04. The van der Waals surface area contributed by atoms with Crippen LogP contribution in [0.2, 0.25) is 0 Å². The number of fused-ring (bicyclic) bond motifs is 1. The Bertz CT molecular complexity index is 568. The van der Waals surface area contributed by atoms with E-state index in [4.69, 9.17) is 15.2 Å². The van der Waals surface area contributed by atoms with Crippen molar-refractivity contribution in [3.63, 3.8) is 0 Å². The summed E-state index contributed by atoms with van der Waals surface area (Å²) in [5.74, 6) is 0.848. The standard InChI is InChI=1S/C16H23N3O3/c1-16(2)11-19(10-14(20)18-6-8-21-9-7-18)15-12(17)4-3-5-13(15)22-16/h3-5H,6-11,17H2,1-2H3. The van der Waals surface area contributed by atoms with Gasteiger partial charge in [0.2, 0.25) is 5.91 Å². The highest BCUT2D eigenvalue weighted by atomic mass is 16.5. The molecule has 0 spiro atoms. The first kappa shape index (κ1) is 15.0. The van der Waals surface area contributed by atoms with Crippen molar-refractivity contribution in [3.05, 3.63) is 18.2 Å². The molecule has 2 aliphatic rings. The first-order valence-corrected chi connectivity index (χ1v) is 7.64. The van der Waals surface area contributed by atoms with E-state index in [1.165, 1.54) is 0 Å². The minimum absolute atomic E-state index is 0.107. The monoisotopic (exact) mass is 305 g/mol. The van der Waals surface area contributed by atoms with Gasteiger partial charge in [-0.25, -0.2) is 0 Å². The zero-order chi connectivity index (χ0) is 15.7. The lowest BCUT2D eigenvalue weighted by atomic mass is 10.0. The zero-order valence-corrected chi connectivity index (χ0v) is 13.2. The molecular formula is C16H23N3O3. The van der Waals surface area contributed by atoms with E-state index in [9.17, 15) is 4.79 Å². The van der Waals surface area contributed by atoms with Crippen molar-refractivity contribution < 1.29 is 14.3 Å². The lowest BCUT2D eigenvalue weighted by Gasteiger charge is -2.42. The van der Waals surface area contributed by atoms with E-state index in [2.05, 4.69) is 0 Å². The first-order valence-electron chi connectivity index (χ1n) is 7.64. The molecule has 6 nitrogen and oxygen atoms in total. The molecule has 0 radical (unpaired) electrons. The van der Waals surface area contributed by atoms with Crippen molar-refractivity contribution in [1.82, 2.24) is 4.90 Å². The van der Waals surface area contributed by atoms with Gasteiger partial charge in [-0.2, -0.15) is 0 Å². The molecule has 1 aromatic rings. The second-order valence-electron chi connectivity index (χ2n) is 6.40. The van der Waals surface area contributed by atoms with Crippen molar-refractivity contribution >= 4 is 17.3 Å². The number of carbonyl (C=O) groups is 1. The Balaban J connectivity index is 1.82. The van der Waals surface area contributed by atoms with E-state index in [-0.39, 0.29) is 11.5 Å². The SMILES string of the molecule is CC1(C)CN(CC(=O)N2CCOCC2)c2c(N)cccc2O1. The maximum absolute atomic E-state index is 12.5. The summed E-state index contributed by atoms with van der Waals surface area (Å²) in [6, 6.07) is 5.61. The average molecular weight is 305 g/mol. The fourth-order valence-corrected chi connectivity index (χ4v) is 3.04. The molecule has 2 aliphatic heterocycles. The summed E-state index contributed by atoms with van der Waals surface area (Å²) in [5, 5.41) is 0. The number of hydrogen-bond donors (Lipinski definition) is 1. The van der Waals surface area contributed by atoms with Crippen LogP contribution >= 0.6 is 0 Å². The zero-order valence-electron chi connectivity index (χ0n) is 13.2. The quantitative estimate of drug-likeness (QED) is 0.829. The number of rotatable bonds is 2. The van der Waals surface area contributed by atoms with Gasteiger partial charge < -0.3 is 25.0 Å². The van der Waals surface area contributed by atoms with E-state index >= 15 is 0 Å². The summed E-state index contributed by atoms with van der Waals surface area (Å²) >= 11 is 0. The fraction of sp³-hybridized carbons (Fsp3) is 0.562. The molecule has 2 N–H and O–H groups in total. The van der Waals surface area contributed by atoms with E-state index in [1.54, 1.807) is 0 Å². The van der Waals surface area contributed by atoms with Gasteiger partial charge in [0.25, 0.3) is 0 Å². The minimum atomic E-state index is -0.355. The highest BCUT2D eigenvalue weighted by molar-refractivity contribution is 5.85. The molecule has 0 aliphatic carbocycles. The summed E-state index contributed by atoms with van der Waals surface area (Å²) < 4.78 is 11.3. The summed E-state index contributed by atoms with van der Waals surface area (Å²) in [6.45, 7) is 7.51. The molecule has 0 unspecified atom stereocenters. The number of amides is 1. The summed E-state index contributed by atoms with van der Waals surface area (Å²) in [7, 11) is 0. The highest BCUT2D eigenvalue weighted by Crippen LogP contribution is 2.40. The number of nitrogens with zero attached hydrogens (tertiary/aromatic N) is 2. The van der Waals surface area contributed by atoms with Crippen molar-refractivity contribution in [3.8, 4) is 5.75 Å². The van der Waals surface area contributed by atoms with Crippen LogP contribution in [0.25, 0.3) is 0 Å². The first-order chi connectivity index (χ1) is 10.5. The molecule has 120 valence electrons. The molecule has 6 heteroatoms. The number of benzene rings is 1. The molecular weight excluding hydrogens is 282 g/mol. The van der Waals surface area contributed by atoms with Gasteiger partial charge in [-0.3, -0.25) is 4.79 Å². The summed E-state index contributed by atoms with van der Waals surface area (Å²) in [5.41, 5.74) is 7.22. The lowest BCUT2D eigenvalue weighted by molar-refractivity contribution is -0.133. The number of anilines is 2. The van der Waals surface area contributed by atoms with E-state index in [0.29, 0.717) is 45.1 Å². The molecule has 2 heterocycles. The van der Waals surface area contributed by atoms with Crippen LogP contribution < -0.4 is 15.4 Å². The number of para-hydroxylation sites is 1. The second kappa shape index (κ2) is 5.68. The highest BCUT2D eigenvalue weighted by Gasteiger charge is 2.34. The van der Waals surface area contributed by atoms with Crippen LogP contribution in [0, 0.1) is 0 Å². The Morgan fingerprint density at radius 3 is 2.77 bits per heavy atom. The summed E-state index contributed by atoms with van der Waals surface area (Å²) in [4.78, 5) is 16.4. The van der Waals surface area contributed by atoms with Crippen molar-refractivity contribution in [1.29, 1.82) is 0 Å². The molecule has 1 saturated heterocycles. The molecule has 3 rings (SSSR count). The second-order valence-corrected chi connectivity index (χ2v) is 6.40. The van der Waals surface area contributed by atoms with Crippen molar-refractivity contribution in [2.45, 2.75) is 19.4 Å². The predicted molar refractivity (Wildman–Crippen MR) is 85.2 cm³/mol. The van der Waals surface area contributed by atoms with Crippen molar-refractivity contribution in [2.24, 2.45) is 0 Å². The van der Waals surface area contributed by atoms with Gasteiger partial charge >= 0.3 is 0 Å². The van der Waals surface area contributed by atoms with Gasteiger partial charge in [0, 0.05) is 13.1 Å². The number of carbonyl (C=O) groups excluding carboxylic acids is 1. The van der Waals surface area contributed by atoms with Crippen molar-refractivity contribution in [2.75, 3.05) is 50.0 Å². The third-order valence-electron chi connectivity index (χ3n) is 3.99. The van der Waals surface area contributed by atoms with Gasteiger partial charge in [0.05, 0.1) is 32.0 Å². The predicted octanol–water partition coefficient (Wildman–Crippen LogP) is 1.10. The third kappa shape index (κ3) is 2.97. The lowest BCUT2D eigenvalue weighted by Crippen LogP contribution is -2.52. The summed E-state index contributed by atoms with van der Waals surface area (Å²) in [6.07, 6.45) is 0. The van der Waals surface area contributed by atoms with Crippen LogP contribution in [0.3, 0.4) is 0 Å². The van der Waals surface area contributed by atoms with Crippen LogP contribution in [0.1, 0.15) is 13.8 Å². The molecule has 22 heavy (non-hydrogen) atoms. The number of ether oxygens (including phenoxy) is 2. The number of nitrogens with two attached hydrogens (primary N) is 1. The normalized spacial score (nSPS) is 20.3. The molecule has 1 amide bonds. The molecule has 0 bridgehead atoms. The maximum Gasteiger partial charge on any atom is 0.242 e. The Labute approximate surface area is 130 Å². The van der Waals surface area contributed by atoms with Gasteiger partial charge in [-0.05, 0) is 26.0 Å². The Morgan fingerprint density at radius 1 is 1.32 bits per heavy atom. The Kier molecular flexibility index (Phi) is 3.87. The number of morpholine rings is 1. The molecule has 1 aromatic carbocycles. The smallest absolute Gasteiger partial charge is 0.242 e. The Morgan fingerprint density at radius 2 is 2.05 bits per heavy atom. The van der Waals surface area contributed by atoms with Gasteiger partial charge in [-0.1, -0.05) is 6.07 Å². The van der Waals surface area contributed by atoms with Crippen LogP contribution in [0.4, 0.5) is 11.4 Å². The van der Waals surface area contributed by atoms with Gasteiger partial charge in [0.1, 0.15) is 17.0 Å². The molecule has 1 fully saturated rings. The Hall–Kier alpha value is -1.95. The van der Waals surface area contributed by atoms with E-state index in [1.807, 2.05) is 41.8 Å². The minimum Gasteiger partial charge on any atom is -0.484 e. The molecule has 0 atom stereocenters.